The standard InChI is InChI=1S/C14H19F3N2/c1-2-19-4-3-10(9-19)7-18-8-11-5-13(16)14(17)6-12(11)15/h5-6,10,18H,2-4,7-9H2,1H3. The van der Waals surface area contributed by atoms with Crippen LogP contribution < -0.4 is 5.32 Å². The number of nitrogens with zero attached hydrogens (tertiary/aromatic N) is 1. The molecule has 0 spiro atoms. The molecule has 1 heterocycles. The van der Waals surface area contributed by atoms with Gasteiger partial charge >= 0.3 is 0 Å². The largest absolute Gasteiger partial charge is 0.312 e. The average molecular weight is 272 g/mol. The minimum absolute atomic E-state index is 0.171. The smallest absolute Gasteiger partial charge is 0.161 e. The van der Waals surface area contributed by atoms with Gasteiger partial charge in [0.25, 0.3) is 0 Å². The molecule has 1 N–H and O–H groups in total. The summed E-state index contributed by atoms with van der Waals surface area (Å²) in [6.07, 6.45) is 1.13. The summed E-state index contributed by atoms with van der Waals surface area (Å²) in [6, 6.07) is 1.52. The molecule has 1 saturated heterocycles. The van der Waals surface area contributed by atoms with E-state index in [1.54, 1.807) is 0 Å². The van der Waals surface area contributed by atoms with E-state index in [4.69, 9.17) is 0 Å². The van der Waals surface area contributed by atoms with Crippen molar-refractivity contribution in [2.75, 3.05) is 26.2 Å². The lowest BCUT2D eigenvalue weighted by Gasteiger charge is -2.14. The van der Waals surface area contributed by atoms with Crippen LogP contribution in [0.5, 0.6) is 0 Å². The zero-order chi connectivity index (χ0) is 13.8. The average Bonchev–Trinajstić information content (AvgIpc) is 2.83. The summed E-state index contributed by atoms with van der Waals surface area (Å²) in [7, 11) is 0. The van der Waals surface area contributed by atoms with Crippen LogP contribution in [0.25, 0.3) is 0 Å². The Morgan fingerprint density at radius 1 is 1.21 bits per heavy atom. The monoisotopic (exact) mass is 272 g/mol. The highest BCUT2D eigenvalue weighted by Crippen LogP contribution is 2.16. The van der Waals surface area contributed by atoms with Crippen molar-refractivity contribution in [3.63, 3.8) is 0 Å². The van der Waals surface area contributed by atoms with E-state index in [2.05, 4.69) is 17.1 Å². The fourth-order valence-electron chi connectivity index (χ4n) is 2.48. The van der Waals surface area contributed by atoms with Gasteiger partial charge in [0.05, 0.1) is 0 Å². The van der Waals surface area contributed by atoms with Crippen LogP contribution in [-0.4, -0.2) is 31.1 Å². The van der Waals surface area contributed by atoms with Crippen molar-refractivity contribution in [2.45, 2.75) is 19.9 Å². The van der Waals surface area contributed by atoms with Crippen molar-refractivity contribution in [1.82, 2.24) is 10.2 Å². The lowest BCUT2D eigenvalue weighted by molar-refractivity contribution is 0.338. The molecule has 0 bridgehead atoms. The number of hydrogen-bond donors (Lipinski definition) is 1. The summed E-state index contributed by atoms with van der Waals surface area (Å²) in [4.78, 5) is 2.37. The number of benzene rings is 1. The number of likely N-dealkylation sites (tertiary alicyclic amines) is 1. The first-order valence-corrected chi connectivity index (χ1v) is 6.66. The van der Waals surface area contributed by atoms with E-state index in [-0.39, 0.29) is 12.1 Å². The molecule has 2 nitrogen and oxygen atoms in total. The molecule has 2 rings (SSSR count). The van der Waals surface area contributed by atoms with Crippen LogP contribution in [0.15, 0.2) is 12.1 Å². The second-order valence-corrected chi connectivity index (χ2v) is 5.04. The van der Waals surface area contributed by atoms with Gasteiger partial charge in [-0.25, -0.2) is 13.2 Å². The third kappa shape index (κ3) is 3.70. The van der Waals surface area contributed by atoms with Gasteiger partial charge in [0.1, 0.15) is 5.82 Å². The second-order valence-electron chi connectivity index (χ2n) is 5.04. The third-order valence-electron chi connectivity index (χ3n) is 3.65. The lowest BCUT2D eigenvalue weighted by Crippen LogP contribution is -2.26. The minimum atomic E-state index is -1.14. The zero-order valence-electron chi connectivity index (χ0n) is 11.1. The molecule has 1 aliphatic rings. The fourth-order valence-corrected chi connectivity index (χ4v) is 2.48. The Labute approximate surface area is 111 Å². The topological polar surface area (TPSA) is 15.3 Å². The molecule has 0 amide bonds. The van der Waals surface area contributed by atoms with Crippen LogP contribution in [0.4, 0.5) is 13.2 Å². The molecule has 0 saturated carbocycles. The van der Waals surface area contributed by atoms with Crippen LogP contribution >= 0.6 is 0 Å². The molecule has 1 unspecified atom stereocenters. The van der Waals surface area contributed by atoms with E-state index < -0.39 is 17.5 Å². The van der Waals surface area contributed by atoms with Gasteiger partial charge in [-0.2, -0.15) is 0 Å². The third-order valence-corrected chi connectivity index (χ3v) is 3.65. The van der Waals surface area contributed by atoms with E-state index in [0.717, 1.165) is 38.7 Å². The molecule has 1 aliphatic heterocycles. The summed E-state index contributed by atoms with van der Waals surface area (Å²) in [5, 5.41) is 3.12. The van der Waals surface area contributed by atoms with Crippen molar-refractivity contribution in [3.05, 3.63) is 35.1 Å². The van der Waals surface area contributed by atoms with Crippen molar-refractivity contribution < 1.29 is 13.2 Å². The van der Waals surface area contributed by atoms with Crippen LogP contribution in [0.3, 0.4) is 0 Å². The summed E-state index contributed by atoms with van der Waals surface area (Å²) in [6.45, 7) is 6.33. The molecule has 0 aliphatic carbocycles. The molecule has 19 heavy (non-hydrogen) atoms. The van der Waals surface area contributed by atoms with Crippen molar-refractivity contribution in [1.29, 1.82) is 0 Å². The number of hydrogen-bond acceptors (Lipinski definition) is 2. The van der Waals surface area contributed by atoms with E-state index in [1.165, 1.54) is 0 Å². The Hall–Kier alpha value is -1.07. The van der Waals surface area contributed by atoms with Crippen LogP contribution in [0.1, 0.15) is 18.9 Å². The Morgan fingerprint density at radius 2 is 1.95 bits per heavy atom. The molecule has 1 aromatic rings. The maximum Gasteiger partial charge on any atom is 0.161 e. The van der Waals surface area contributed by atoms with Gasteiger partial charge in [-0.3, -0.25) is 0 Å². The van der Waals surface area contributed by atoms with Crippen molar-refractivity contribution in [2.24, 2.45) is 5.92 Å². The van der Waals surface area contributed by atoms with Crippen LogP contribution in [0.2, 0.25) is 0 Å². The highest BCUT2D eigenvalue weighted by Gasteiger charge is 2.20. The Morgan fingerprint density at radius 3 is 2.63 bits per heavy atom. The number of rotatable bonds is 5. The SMILES string of the molecule is CCN1CCC(CNCc2cc(F)c(F)cc2F)C1. The van der Waals surface area contributed by atoms with Gasteiger partial charge in [0.2, 0.25) is 0 Å². The normalized spacial score (nSPS) is 20.1. The van der Waals surface area contributed by atoms with Gasteiger partial charge in [-0.1, -0.05) is 6.92 Å². The molecular formula is C14H19F3N2. The van der Waals surface area contributed by atoms with Gasteiger partial charge in [0, 0.05) is 24.7 Å². The fraction of sp³-hybridized carbons (Fsp3) is 0.571. The Bertz CT molecular complexity index is 437. The van der Waals surface area contributed by atoms with Gasteiger partial charge in [-0.15, -0.1) is 0 Å². The summed E-state index contributed by atoms with van der Waals surface area (Å²) in [5.41, 5.74) is 0.171. The molecule has 5 heteroatoms. The summed E-state index contributed by atoms with van der Waals surface area (Å²) >= 11 is 0. The Kier molecular flexibility index (Phi) is 4.82. The first-order valence-electron chi connectivity index (χ1n) is 6.66. The summed E-state index contributed by atoms with van der Waals surface area (Å²) in [5.74, 6) is -2.30. The molecule has 0 aromatic heterocycles. The number of nitrogens with one attached hydrogen (secondary N) is 1. The van der Waals surface area contributed by atoms with Gasteiger partial charge in [-0.05, 0) is 38.0 Å². The Balaban J connectivity index is 1.81. The van der Waals surface area contributed by atoms with E-state index in [1.807, 2.05) is 0 Å². The predicted octanol–water partition coefficient (Wildman–Crippen LogP) is 2.54. The van der Waals surface area contributed by atoms with Crippen LogP contribution in [0, 0.1) is 23.4 Å². The highest BCUT2D eigenvalue weighted by atomic mass is 19.2. The molecule has 0 radical (unpaired) electrons. The number of halogens is 3. The van der Waals surface area contributed by atoms with Crippen LogP contribution in [-0.2, 0) is 6.54 Å². The predicted molar refractivity (Wildman–Crippen MR) is 68.2 cm³/mol. The molecule has 1 aromatic carbocycles. The van der Waals surface area contributed by atoms with E-state index in [0.29, 0.717) is 12.0 Å². The van der Waals surface area contributed by atoms with E-state index in [9.17, 15) is 13.2 Å². The molecular weight excluding hydrogens is 253 g/mol. The second kappa shape index (κ2) is 6.39. The minimum Gasteiger partial charge on any atom is -0.312 e. The zero-order valence-corrected chi connectivity index (χ0v) is 11.1. The van der Waals surface area contributed by atoms with Crippen molar-refractivity contribution >= 4 is 0 Å². The first kappa shape index (κ1) is 14.3. The quantitative estimate of drug-likeness (QED) is 0.829. The molecule has 1 fully saturated rings. The van der Waals surface area contributed by atoms with E-state index >= 15 is 0 Å². The summed E-state index contributed by atoms with van der Waals surface area (Å²) < 4.78 is 39.2. The maximum atomic E-state index is 13.4. The lowest BCUT2D eigenvalue weighted by atomic mass is 10.1. The molecule has 1 atom stereocenters. The first-order chi connectivity index (χ1) is 9.10. The maximum absolute atomic E-state index is 13.4. The molecule has 106 valence electrons. The highest BCUT2D eigenvalue weighted by molar-refractivity contribution is 5.19. The van der Waals surface area contributed by atoms with Gasteiger partial charge in [0.15, 0.2) is 11.6 Å². The van der Waals surface area contributed by atoms with Crippen molar-refractivity contribution in [3.8, 4) is 0 Å². The van der Waals surface area contributed by atoms with Gasteiger partial charge < -0.3 is 10.2 Å².